The Morgan fingerprint density at radius 1 is 1.27 bits per heavy atom. The predicted molar refractivity (Wildman–Crippen MR) is 119 cm³/mol. The summed E-state index contributed by atoms with van der Waals surface area (Å²) in [4.78, 5) is 6.80. The molecule has 0 radical (unpaired) electrons. The van der Waals surface area contributed by atoms with Crippen molar-refractivity contribution in [1.29, 1.82) is 0 Å². The van der Waals surface area contributed by atoms with Gasteiger partial charge >= 0.3 is 6.18 Å². The maximum atomic E-state index is 12.7. The molecule has 7 nitrogen and oxygen atoms in total. The molecule has 0 amide bonds. The van der Waals surface area contributed by atoms with Gasteiger partial charge in [0.05, 0.1) is 5.56 Å². The fraction of sp³-hybridized carbons (Fsp3) is 0.526. The first-order valence-electron chi connectivity index (χ1n) is 9.61. The molecule has 2 N–H and O–H groups in total. The molecule has 0 saturated carbocycles. The summed E-state index contributed by atoms with van der Waals surface area (Å²) in [5.41, 5.74) is 0.262. The Kier molecular flexibility index (Phi) is 8.89. The smallest absolute Gasteiger partial charge is 0.357 e. The van der Waals surface area contributed by atoms with Crippen LogP contribution in [-0.2, 0) is 26.3 Å². The highest BCUT2D eigenvalue weighted by Gasteiger charge is 2.30. The second-order valence-corrected chi connectivity index (χ2v) is 7.11. The second kappa shape index (κ2) is 10.9. The average molecular weight is 537 g/mol. The minimum atomic E-state index is -4.30. The van der Waals surface area contributed by atoms with Crippen LogP contribution in [0.1, 0.15) is 30.3 Å². The number of aliphatic imine (C=N–C) groups is 1. The molecule has 1 saturated heterocycles. The molecule has 1 aliphatic rings. The number of nitrogens with zero attached hydrogens (tertiary/aromatic N) is 5. The Morgan fingerprint density at radius 2 is 2.00 bits per heavy atom. The van der Waals surface area contributed by atoms with Crippen LogP contribution < -0.4 is 10.6 Å². The van der Waals surface area contributed by atoms with Crippen LogP contribution in [0.25, 0.3) is 0 Å². The van der Waals surface area contributed by atoms with Crippen LogP contribution in [-0.4, -0.2) is 51.3 Å². The topological polar surface area (TPSA) is 70.4 Å². The van der Waals surface area contributed by atoms with E-state index in [1.165, 1.54) is 0 Å². The van der Waals surface area contributed by atoms with E-state index >= 15 is 0 Å². The van der Waals surface area contributed by atoms with Crippen LogP contribution in [0.15, 0.2) is 35.6 Å². The molecule has 166 valence electrons. The number of alkyl halides is 3. The average Bonchev–Trinajstić information content (AvgIpc) is 3.28. The van der Waals surface area contributed by atoms with Gasteiger partial charge in [-0.05, 0) is 31.0 Å². The highest BCUT2D eigenvalue weighted by Crippen LogP contribution is 2.29. The molecule has 1 atom stereocenters. The third-order valence-electron chi connectivity index (χ3n) is 4.83. The first kappa shape index (κ1) is 24.4. The van der Waals surface area contributed by atoms with Crippen molar-refractivity contribution in [1.82, 2.24) is 30.3 Å². The van der Waals surface area contributed by atoms with E-state index in [0.717, 1.165) is 55.5 Å². The van der Waals surface area contributed by atoms with Crippen molar-refractivity contribution >= 4 is 29.9 Å². The largest absolute Gasteiger partial charge is 0.416 e. The van der Waals surface area contributed by atoms with Crippen molar-refractivity contribution in [2.75, 3.05) is 19.6 Å². The van der Waals surface area contributed by atoms with Gasteiger partial charge < -0.3 is 15.2 Å². The molecule has 1 aromatic heterocycles. The summed E-state index contributed by atoms with van der Waals surface area (Å²) < 4.78 is 39.9. The molecular formula is C19H27F3IN7. The Morgan fingerprint density at radius 3 is 2.60 bits per heavy atom. The lowest BCUT2D eigenvalue weighted by Gasteiger charge is -2.19. The van der Waals surface area contributed by atoms with Crippen molar-refractivity contribution in [2.45, 2.75) is 38.7 Å². The standard InChI is InChI=1S/C19H26F3N7.HI/c1-3-23-18(24-10-17-27-25-13-28(17)2)26-16-8-9-29(12-16)11-14-4-6-15(7-5-14)19(20,21)22;/h4-7,13,16H,3,8-12H2,1-2H3,(H2,23,24,26);1H. The highest BCUT2D eigenvalue weighted by molar-refractivity contribution is 14.0. The minimum Gasteiger partial charge on any atom is -0.357 e. The molecule has 1 aliphatic heterocycles. The van der Waals surface area contributed by atoms with E-state index in [1.807, 2.05) is 18.5 Å². The van der Waals surface area contributed by atoms with Crippen LogP contribution >= 0.6 is 24.0 Å². The number of aromatic nitrogens is 3. The van der Waals surface area contributed by atoms with Crippen molar-refractivity contribution in [3.8, 4) is 0 Å². The van der Waals surface area contributed by atoms with Gasteiger partial charge in [0.1, 0.15) is 12.9 Å². The molecule has 0 aliphatic carbocycles. The zero-order valence-corrected chi connectivity index (χ0v) is 19.3. The molecule has 0 bridgehead atoms. The molecule has 3 rings (SSSR count). The summed E-state index contributed by atoms with van der Waals surface area (Å²) in [6.45, 7) is 5.48. The van der Waals surface area contributed by atoms with E-state index < -0.39 is 11.7 Å². The van der Waals surface area contributed by atoms with E-state index in [0.29, 0.717) is 13.1 Å². The summed E-state index contributed by atoms with van der Waals surface area (Å²) in [6, 6.07) is 5.61. The number of rotatable bonds is 6. The third kappa shape index (κ3) is 6.83. The van der Waals surface area contributed by atoms with Gasteiger partial charge in [0.15, 0.2) is 11.8 Å². The van der Waals surface area contributed by atoms with Crippen LogP contribution in [0.3, 0.4) is 0 Å². The van der Waals surface area contributed by atoms with Gasteiger partial charge in [-0.3, -0.25) is 4.90 Å². The first-order chi connectivity index (χ1) is 13.8. The van der Waals surface area contributed by atoms with Crippen LogP contribution in [0.2, 0.25) is 0 Å². The van der Waals surface area contributed by atoms with E-state index in [1.54, 1.807) is 18.5 Å². The molecule has 30 heavy (non-hydrogen) atoms. The number of halogens is 4. The molecule has 1 unspecified atom stereocenters. The quantitative estimate of drug-likeness (QED) is 0.337. The van der Waals surface area contributed by atoms with Crippen molar-refractivity contribution in [3.63, 3.8) is 0 Å². The summed E-state index contributed by atoms with van der Waals surface area (Å²) in [5.74, 6) is 1.49. The maximum absolute atomic E-state index is 12.7. The van der Waals surface area contributed by atoms with Crippen LogP contribution in [0.5, 0.6) is 0 Å². The van der Waals surface area contributed by atoms with Gasteiger partial charge in [-0.1, -0.05) is 12.1 Å². The van der Waals surface area contributed by atoms with Crippen LogP contribution in [0.4, 0.5) is 13.2 Å². The summed E-state index contributed by atoms with van der Waals surface area (Å²) in [6.07, 6.45) is -1.72. The van der Waals surface area contributed by atoms with Crippen LogP contribution in [0, 0.1) is 0 Å². The number of guanidine groups is 1. The van der Waals surface area contributed by atoms with Crippen molar-refractivity contribution < 1.29 is 13.2 Å². The number of benzene rings is 1. The number of likely N-dealkylation sites (tertiary alicyclic amines) is 1. The van der Waals surface area contributed by atoms with E-state index in [4.69, 9.17) is 0 Å². The Labute approximate surface area is 191 Å². The van der Waals surface area contributed by atoms with Gasteiger partial charge in [0.25, 0.3) is 0 Å². The summed E-state index contributed by atoms with van der Waals surface area (Å²) in [7, 11) is 1.88. The monoisotopic (exact) mass is 537 g/mol. The third-order valence-corrected chi connectivity index (χ3v) is 4.83. The Bertz CT molecular complexity index is 820. The SMILES string of the molecule is CCNC(=NCc1nncn1C)NC1CCN(Cc2ccc(C(F)(F)F)cc2)C1.I. The highest BCUT2D eigenvalue weighted by atomic mass is 127. The van der Waals surface area contributed by atoms with Crippen molar-refractivity contribution in [3.05, 3.63) is 47.5 Å². The minimum absolute atomic E-state index is 0. The zero-order valence-electron chi connectivity index (χ0n) is 17.0. The molecule has 1 aromatic carbocycles. The fourth-order valence-corrected chi connectivity index (χ4v) is 3.26. The van der Waals surface area contributed by atoms with Gasteiger partial charge in [0, 0.05) is 39.3 Å². The summed E-state index contributed by atoms with van der Waals surface area (Å²) >= 11 is 0. The normalized spacial score (nSPS) is 17.6. The first-order valence-corrected chi connectivity index (χ1v) is 9.61. The van der Waals surface area contributed by atoms with E-state index in [-0.39, 0.29) is 30.0 Å². The number of aryl methyl sites for hydroxylation is 1. The Balaban J connectivity index is 0.00000320. The maximum Gasteiger partial charge on any atom is 0.416 e. The molecule has 11 heteroatoms. The number of hydrogen-bond acceptors (Lipinski definition) is 4. The lowest BCUT2D eigenvalue weighted by molar-refractivity contribution is -0.137. The number of nitrogens with one attached hydrogen (secondary N) is 2. The molecular weight excluding hydrogens is 510 g/mol. The van der Waals surface area contributed by atoms with Gasteiger partial charge in [-0.25, -0.2) is 4.99 Å². The molecule has 2 heterocycles. The molecule has 1 fully saturated rings. The van der Waals surface area contributed by atoms with Crippen molar-refractivity contribution in [2.24, 2.45) is 12.0 Å². The number of hydrogen-bond donors (Lipinski definition) is 2. The Hall–Kier alpha value is -1.89. The van der Waals surface area contributed by atoms with Gasteiger partial charge in [0.2, 0.25) is 0 Å². The van der Waals surface area contributed by atoms with E-state index in [9.17, 15) is 13.2 Å². The summed E-state index contributed by atoms with van der Waals surface area (Å²) in [5, 5.41) is 14.6. The second-order valence-electron chi connectivity index (χ2n) is 7.11. The molecule has 0 spiro atoms. The predicted octanol–water partition coefficient (Wildman–Crippen LogP) is 2.78. The van der Waals surface area contributed by atoms with Gasteiger partial charge in [-0.2, -0.15) is 13.2 Å². The zero-order chi connectivity index (χ0) is 20.9. The fourth-order valence-electron chi connectivity index (χ4n) is 3.26. The van der Waals surface area contributed by atoms with Gasteiger partial charge in [-0.15, -0.1) is 34.2 Å². The lowest BCUT2D eigenvalue weighted by atomic mass is 10.1. The molecule has 2 aromatic rings. The lowest BCUT2D eigenvalue weighted by Crippen LogP contribution is -2.44. The van der Waals surface area contributed by atoms with E-state index in [2.05, 4.69) is 30.7 Å².